The van der Waals surface area contributed by atoms with Gasteiger partial charge in [-0.25, -0.2) is 44.9 Å². The molecule has 2 unspecified atom stereocenters. The van der Waals surface area contributed by atoms with Crippen LogP contribution in [0.2, 0.25) is 0 Å². The minimum absolute atomic E-state index is 0.00554. The lowest BCUT2D eigenvalue weighted by Gasteiger charge is -2.21. The Morgan fingerprint density at radius 2 is 0.882 bits per heavy atom. The summed E-state index contributed by atoms with van der Waals surface area (Å²) in [7, 11) is 0. The molecule has 176 valence electrons. The van der Waals surface area contributed by atoms with Crippen LogP contribution in [-0.4, -0.2) is 70.2 Å². The average Bonchev–Trinajstić information content (AvgIpc) is 3.58. The molecular formula is C22H28N12. The molecule has 12 nitrogen and oxygen atoms in total. The molecule has 0 radical (unpaired) electrons. The maximum atomic E-state index is 4.61. The number of nitrogens with one attached hydrogen (secondary N) is 3. The van der Waals surface area contributed by atoms with Gasteiger partial charge in [0.25, 0.3) is 0 Å². The Morgan fingerprint density at radius 1 is 0.559 bits per heavy atom. The van der Waals surface area contributed by atoms with Crippen molar-refractivity contribution in [1.29, 1.82) is 0 Å². The topological polar surface area (TPSA) is 160 Å². The third kappa shape index (κ3) is 4.85. The SMILES string of the molecule is C=Nc1nc(C(C)CC(CC(C)c2nc(N=C)c(N=C)[nH]2)c2nc(N=C)c(N=C)[nH]2)[nH]c1N=C. The fourth-order valence-electron chi connectivity index (χ4n) is 3.83. The molecule has 2 atom stereocenters. The summed E-state index contributed by atoms with van der Waals surface area (Å²) in [5, 5.41) is 0. The molecule has 3 heterocycles. The number of aromatic nitrogens is 6. The van der Waals surface area contributed by atoms with Gasteiger partial charge in [-0.3, -0.25) is 0 Å². The summed E-state index contributed by atoms with van der Waals surface area (Å²) < 4.78 is 0. The predicted octanol–water partition coefficient (Wildman–Crippen LogP) is 5.32. The van der Waals surface area contributed by atoms with Crippen molar-refractivity contribution in [3.63, 3.8) is 0 Å². The van der Waals surface area contributed by atoms with Crippen LogP contribution < -0.4 is 0 Å². The van der Waals surface area contributed by atoms with Gasteiger partial charge in [0, 0.05) is 17.8 Å². The average molecular weight is 461 g/mol. The van der Waals surface area contributed by atoms with Crippen molar-refractivity contribution in [3.8, 4) is 0 Å². The van der Waals surface area contributed by atoms with E-state index in [1.165, 1.54) is 0 Å². The van der Waals surface area contributed by atoms with E-state index in [9.17, 15) is 0 Å². The molecule has 0 aliphatic carbocycles. The number of nitrogens with zero attached hydrogens (tertiary/aromatic N) is 9. The van der Waals surface area contributed by atoms with Gasteiger partial charge < -0.3 is 15.0 Å². The summed E-state index contributed by atoms with van der Waals surface area (Å²) in [5.74, 6) is 4.82. The van der Waals surface area contributed by atoms with E-state index < -0.39 is 0 Å². The summed E-state index contributed by atoms with van der Waals surface area (Å²) in [6, 6.07) is 0. The Kier molecular flexibility index (Phi) is 7.51. The number of hydrogen-bond donors (Lipinski definition) is 3. The van der Waals surface area contributed by atoms with E-state index in [-0.39, 0.29) is 17.8 Å². The zero-order valence-corrected chi connectivity index (χ0v) is 19.4. The fourth-order valence-corrected chi connectivity index (χ4v) is 3.83. The highest BCUT2D eigenvalue weighted by atomic mass is 15.1. The molecule has 12 heteroatoms. The first-order valence-electron chi connectivity index (χ1n) is 10.5. The zero-order valence-electron chi connectivity index (χ0n) is 19.4. The number of aromatic amines is 3. The molecule has 0 aliphatic heterocycles. The lowest BCUT2D eigenvalue weighted by atomic mass is 9.87. The number of H-pyrrole nitrogens is 3. The first-order valence-corrected chi connectivity index (χ1v) is 10.5. The number of aliphatic imine (C=N–C) groups is 6. The van der Waals surface area contributed by atoms with E-state index in [1.54, 1.807) is 0 Å². The van der Waals surface area contributed by atoms with E-state index in [4.69, 9.17) is 0 Å². The minimum Gasteiger partial charge on any atom is -0.325 e. The van der Waals surface area contributed by atoms with Crippen LogP contribution in [0.1, 0.15) is 61.9 Å². The molecule has 3 aromatic heterocycles. The van der Waals surface area contributed by atoms with E-state index in [2.05, 4.69) is 114 Å². The Labute approximate surface area is 197 Å². The van der Waals surface area contributed by atoms with Gasteiger partial charge >= 0.3 is 0 Å². The van der Waals surface area contributed by atoms with Crippen LogP contribution in [0.5, 0.6) is 0 Å². The van der Waals surface area contributed by atoms with Gasteiger partial charge in [0.2, 0.25) is 0 Å². The first kappa shape index (κ1) is 24.3. The van der Waals surface area contributed by atoms with E-state index in [0.29, 0.717) is 47.7 Å². The monoisotopic (exact) mass is 460 g/mol. The molecule has 0 bridgehead atoms. The standard InChI is InChI=1S/C22H28N12/c1-11(14-29-17(23-3)18(24-4)30-14)9-13(16-33-21(27-7)22(28-8)34-16)10-12(2)15-31-19(25-5)20(26-6)32-15/h11-13H,3-10H2,1-2H3,(H,29,30)(H,31,32)(H,33,34). The van der Waals surface area contributed by atoms with Crippen molar-refractivity contribution in [2.24, 2.45) is 30.0 Å². The number of imidazole rings is 3. The smallest absolute Gasteiger partial charge is 0.196 e. The molecule has 0 spiro atoms. The van der Waals surface area contributed by atoms with Gasteiger partial charge in [-0.05, 0) is 53.1 Å². The highest BCUT2D eigenvalue weighted by molar-refractivity contribution is 5.61. The van der Waals surface area contributed by atoms with Crippen molar-refractivity contribution in [2.45, 2.75) is 44.4 Å². The largest absolute Gasteiger partial charge is 0.325 e. The van der Waals surface area contributed by atoms with E-state index in [0.717, 1.165) is 17.5 Å². The fraction of sp³-hybridized carbons (Fsp3) is 0.318. The van der Waals surface area contributed by atoms with Crippen LogP contribution in [0.3, 0.4) is 0 Å². The van der Waals surface area contributed by atoms with Crippen LogP contribution in [0, 0.1) is 0 Å². The van der Waals surface area contributed by atoms with Crippen molar-refractivity contribution in [1.82, 2.24) is 29.9 Å². The predicted molar refractivity (Wildman–Crippen MR) is 140 cm³/mol. The third-order valence-electron chi connectivity index (χ3n) is 5.57. The Hall–Kier alpha value is -4.35. The van der Waals surface area contributed by atoms with Crippen molar-refractivity contribution < 1.29 is 0 Å². The number of hydrogen-bond acceptors (Lipinski definition) is 9. The lowest BCUT2D eigenvalue weighted by Crippen LogP contribution is -2.11. The molecule has 34 heavy (non-hydrogen) atoms. The molecule has 0 saturated heterocycles. The maximum Gasteiger partial charge on any atom is 0.196 e. The van der Waals surface area contributed by atoms with E-state index in [1.807, 2.05) is 0 Å². The summed E-state index contributed by atoms with van der Waals surface area (Å²) in [6.07, 6.45) is 1.37. The highest BCUT2D eigenvalue weighted by Crippen LogP contribution is 2.39. The van der Waals surface area contributed by atoms with Gasteiger partial charge in [0.1, 0.15) is 17.5 Å². The van der Waals surface area contributed by atoms with Gasteiger partial charge in [-0.15, -0.1) is 0 Å². The number of rotatable bonds is 13. The Bertz CT molecular complexity index is 1080. The Balaban J connectivity index is 1.94. The van der Waals surface area contributed by atoms with Crippen molar-refractivity contribution >= 4 is 75.2 Å². The molecule has 0 saturated carbocycles. The lowest BCUT2D eigenvalue weighted by molar-refractivity contribution is 0.459. The second kappa shape index (κ2) is 10.5. The highest BCUT2D eigenvalue weighted by Gasteiger charge is 2.27. The molecule has 0 aromatic carbocycles. The van der Waals surface area contributed by atoms with Crippen molar-refractivity contribution in [3.05, 3.63) is 17.5 Å². The summed E-state index contributed by atoms with van der Waals surface area (Å²) in [4.78, 5) is 46.8. The molecular weight excluding hydrogens is 432 g/mol. The second-order valence-electron chi connectivity index (χ2n) is 7.80. The van der Waals surface area contributed by atoms with Gasteiger partial charge in [-0.1, -0.05) is 13.8 Å². The van der Waals surface area contributed by atoms with E-state index >= 15 is 0 Å². The summed E-state index contributed by atoms with van der Waals surface area (Å²) in [6.45, 7) is 25.5. The molecule has 0 fully saturated rings. The van der Waals surface area contributed by atoms with Crippen LogP contribution in [-0.2, 0) is 0 Å². The summed E-state index contributed by atoms with van der Waals surface area (Å²) >= 11 is 0. The van der Waals surface area contributed by atoms with Crippen LogP contribution in [0.4, 0.5) is 34.9 Å². The van der Waals surface area contributed by atoms with Crippen molar-refractivity contribution in [2.75, 3.05) is 0 Å². The molecule has 0 aliphatic rings. The maximum absolute atomic E-state index is 4.61. The summed E-state index contributed by atoms with van der Waals surface area (Å²) in [5.41, 5.74) is 0. The second-order valence-corrected chi connectivity index (χ2v) is 7.80. The molecule has 3 aromatic rings. The first-order chi connectivity index (χ1) is 16.4. The van der Waals surface area contributed by atoms with Gasteiger partial charge in [0.05, 0.1) is 0 Å². The van der Waals surface area contributed by atoms with Gasteiger partial charge in [0.15, 0.2) is 34.9 Å². The van der Waals surface area contributed by atoms with Crippen LogP contribution in [0.25, 0.3) is 0 Å². The minimum atomic E-state index is -0.0447. The molecule has 0 amide bonds. The quantitative estimate of drug-likeness (QED) is 0.295. The normalized spacial score (nSPS) is 13.6. The van der Waals surface area contributed by atoms with Gasteiger partial charge in [-0.2, -0.15) is 0 Å². The zero-order chi connectivity index (χ0) is 24.8. The molecule has 3 N–H and O–H groups in total. The Morgan fingerprint density at radius 3 is 1.18 bits per heavy atom. The van der Waals surface area contributed by atoms with Crippen LogP contribution >= 0.6 is 0 Å². The molecule has 3 rings (SSSR count). The third-order valence-corrected chi connectivity index (χ3v) is 5.57. The van der Waals surface area contributed by atoms with Crippen LogP contribution in [0.15, 0.2) is 30.0 Å².